The minimum atomic E-state index is 0.488. The molecule has 3 rings (SSSR count). The minimum absolute atomic E-state index is 0.488. The predicted octanol–water partition coefficient (Wildman–Crippen LogP) is 2.32. The number of nitrogens with two attached hydrogens (primary N) is 1. The molecule has 0 radical (unpaired) electrons. The molecule has 2 aromatic heterocycles. The Morgan fingerprint density at radius 1 is 1.22 bits per heavy atom. The molecule has 6 heteroatoms. The van der Waals surface area contributed by atoms with Crippen molar-refractivity contribution in [3.8, 4) is 23.0 Å². The molecule has 0 atom stereocenters. The van der Waals surface area contributed by atoms with Crippen LogP contribution in [-0.2, 0) is 6.54 Å². The lowest BCUT2D eigenvalue weighted by Crippen LogP contribution is -1.95. The second kappa shape index (κ2) is 4.67. The van der Waals surface area contributed by atoms with Crippen LogP contribution < -0.4 is 5.73 Å². The number of hydrogen-bond donors (Lipinski definition) is 1. The molecule has 0 saturated carbocycles. The van der Waals surface area contributed by atoms with Crippen molar-refractivity contribution in [1.82, 2.24) is 15.1 Å². The minimum Gasteiger partial charge on any atom is -0.334 e. The van der Waals surface area contributed by atoms with E-state index >= 15 is 0 Å². The van der Waals surface area contributed by atoms with Crippen LogP contribution in [0, 0.1) is 0 Å². The van der Waals surface area contributed by atoms with Gasteiger partial charge in [0.05, 0.1) is 5.51 Å². The molecular formula is C12H10N4OS. The van der Waals surface area contributed by atoms with E-state index in [4.69, 9.17) is 10.3 Å². The van der Waals surface area contributed by atoms with Gasteiger partial charge in [-0.2, -0.15) is 4.98 Å². The van der Waals surface area contributed by atoms with E-state index in [2.05, 4.69) is 15.1 Å². The SMILES string of the molecule is NCc1ccc(-c2nc(-c3cscn3)no2)cc1. The third kappa shape index (κ3) is 2.03. The van der Waals surface area contributed by atoms with Gasteiger partial charge in [0.1, 0.15) is 5.69 Å². The highest BCUT2D eigenvalue weighted by Crippen LogP contribution is 2.22. The first kappa shape index (κ1) is 11.1. The van der Waals surface area contributed by atoms with Gasteiger partial charge < -0.3 is 10.3 Å². The van der Waals surface area contributed by atoms with Crippen LogP contribution in [0.3, 0.4) is 0 Å². The molecule has 0 aliphatic rings. The molecule has 90 valence electrons. The third-order valence-electron chi connectivity index (χ3n) is 2.52. The van der Waals surface area contributed by atoms with Gasteiger partial charge in [-0.1, -0.05) is 17.3 Å². The Kier molecular flexibility index (Phi) is 2.87. The molecule has 5 nitrogen and oxygen atoms in total. The Bertz CT molecular complexity index is 630. The zero-order chi connectivity index (χ0) is 12.4. The fraction of sp³-hybridized carbons (Fsp3) is 0.0833. The summed E-state index contributed by atoms with van der Waals surface area (Å²) < 4.78 is 5.22. The Morgan fingerprint density at radius 3 is 2.72 bits per heavy atom. The van der Waals surface area contributed by atoms with E-state index < -0.39 is 0 Å². The van der Waals surface area contributed by atoms with Crippen molar-refractivity contribution < 1.29 is 4.52 Å². The van der Waals surface area contributed by atoms with Gasteiger partial charge in [-0.05, 0) is 17.7 Å². The van der Waals surface area contributed by atoms with Crippen molar-refractivity contribution in [2.75, 3.05) is 0 Å². The van der Waals surface area contributed by atoms with Crippen LogP contribution in [0.4, 0.5) is 0 Å². The summed E-state index contributed by atoms with van der Waals surface area (Å²) in [7, 11) is 0. The highest BCUT2D eigenvalue weighted by molar-refractivity contribution is 7.07. The van der Waals surface area contributed by atoms with Gasteiger partial charge in [0.2, 0.25) is 5.82 Å². The van der Waals surface area contributed by atoms with E-state index in [-0.39, 0.29) is 0 Å². The molecule has 2 heterocycles. The second-order valence-corrected chi connectivity index (χ2v) is 4.42. The molecule has 0 amide bonds. The molecule has 0 aliphatic carbocycles. The monoisotopic (exact) mass is 258 g/mol. The topological polar surface area (TPSA) is 77.8 Å². The first-order valence-electron chi connectivity index (χ1n) is 5.38. The van der Waals surface area contributed by atoms with E-state index in [1.54, 1.807) is 5.51 Å². The first-order valence-corrected chi connectivity index (χ1v) is 6.33. The molecule has 0 saturated heterocycles. The smallest absolute Gasteiger partial charge is 0.258 e. The largest absolute Gasteiger partial charge is 0.334 e. The Labute approximate surface area is 107 Å². The maximum atomic E-state index is 5.55. The van der Waals surface area contributed by atoms with Crippen LogP contribution in [0.2, 0.25) is 0 Å². The molecule has 0 bridgehead atoms. The van der Waals surface area contributed by atoms with Crippen molar-refractivity contribution in [1.29, 1.82) is 0 Å². The van der Waals surface area contributed by atoms with Crippen molar-refractivity contribution in [2.45, 2.75) is 6.54 Å². The van der Waals surface area contributed by atoms with Gasteiger partial charge in [0.25, 0.3) is 5.89 Å². The number of rotatable bonds is 3. The van der Waals surface area contributed by atoms with Gasteiger partial charge in [0, 0.05) is 17.5 Å². The standard InChI is InChI=1S/C12H10N4OS/c13-5-8-1-3-9(4-2-8)12-15-11(16-17-12)10-6-18-7-14-10/h1-4,6-7H,5,13H2. The van der Waals surface area contributed by atoms with Crippen LogP contribution in [-0.4, -0.2) is 15.1 Å². The average Bonchev–Trinajstić information content (AvgIpc) is 3.09. The Morgan fingerprint density at radius 2 is 2.06 bits per heavy atom. The lowest BCUT2D eigenvalue weighted by atomic mass is 10.1. The molecule has 0 aliphatic heterocycles. The normalized spacial score (nSPS) is 10.7. The summed E-state index contributed by atoms with van der Waals surface area (Å²) in [5.74, 6) is 0.996. The van der Waals surface area contributed by atoms with E-state index in [1.807, 2.05) is 29.6 Å². The van der Waals surface area contributed by atoms with Crippen LogP contribution in [0.1, 0.15) is 5.56 Å². The predicted molar refractivity (Wildman–Crippen MR) is 68.7 cm³/mol. The average molecular weight is 258 g/mol. The molecule has 18 heavy (non-hydrogen) atoms. The fourth-order valence-corrected chi connectivity index (χ4v) is 2.08. The summed E-state index contributed by atoms with van der Waals surface area (Å²) in [5, 5.41) is 5.79. The van der Waals surface area contributed by atoms with Crippen molar-refractivity contribution >= 4 is 11.3 Å². The van der Waals surface area contributed by atoms with Gasteiger partial charge in [0.15, 0.2) is 0 Å². The number of aromatic nitrogens is 3. The zero-order valence-electron chi connectivity index (χ0n) is 9.41. The highest BCUT2D eigenvalue weighted by Gasteiger charge is 2.11. The quantitative estimate of drug-likeness (QED) is 0.780. The summed E-state index contributed by atoms with van der Waals surface area (Å²) in [4.78, 5) is 8.45. The van der Waals surface area contributed by atoms with Crippen molar-refractivity contribution in [3.05, 3.63) is 40.7 Å². The summed E-state index contributed by atoms with van der Waals surface area (Å²) in [5.41, 5.74) is 9.96. The molecule has 1 aromatic carbocycles. The van der Waals surface area contributed by atoms with Gasteiger partial charge in [-0.25, -0.2) is 4.98 Å². The van der Waals surface area contributed by atoms with Crippen LogP contribution >= 0.6 is 11.3 Å². The molecule has 0 fully saturated rings. The van der Waals surface area contributed by atoms with E-state index in [0.717, 1.165) is 16.8 Å². The van der Waals surface area contributed by atoms with Crippen LogP contribution in [0.5, 0.6) is 0 Å². The third-order valence-corrected chi connectivity index (χ3v) is 3.11. The summed E-state index contributed by atoms with van der Waals surface area (Å²) in [6.07, 6.45) is 0. The van der Waals surface area contributed by atoms with Crippen molar-refractivity contribution in [3.63, 3.8) is 0 Å². The zero-order valence-corrected chi connectivity index (χ0v) is 10.2. The molecular weight excluding hydrogens is 248 g/mol. The first-order chi connectivity index (χ1) is 8.86. The van der Waals surface area contributed by atoms with E-state index in [9.17, 15) is 0 Å². The fourth-order valence-electron chi connectivity index (χ4n) is 1.55. The molecule has 0 spiro atoms. The maximum absolute atomic E-state index is 5.55. The van der Waals surface area contributed by atoms with Gasteiger partial charge in [-0.3, -0.25) is 0 Å². The summed E-state index contributed by atoms with van der Waals surface area (Å²) in [6, 6.07) is 7.73. The Balaban J connectivity index is 1.92. The summed E-state index contributed by atoms with van der Waals surface area (Å²) >= 11 is 1.50. The molecule has 3 aromatic rings. The van der Waals surface area contributed by atoms with E-state index in [1.165, 1.54) is 11.3 Å². The highest BCUT2D eigenvalue weighted by atomic mass is 32.1. The van der Waals surface area contributed by atoms with Crippen LogP contribution in [0.25, 0.3) is 23.0 Å². The number of thiazole rings is 1. The van der Waals surface area contributed by atoms with Gasteiger partial charge >= 0.3 is 0 Å². The second-order valence-electron chi connectivity index (χ2n) is 3.70. The van der Waals surface area contributed by atoms with Crippen LogP contribution in [0.15, 0.2) is 39.7 Å². The summed E-state index contributed by atoms with van der Waals surface area (Å²) in [6.45, 7) is 0.522. The Hall–Kier alpha value is -2.05. The number of benzene rings is 1. The molecule has 2 N–H and O–H groups in total. The molecule has 0 unspecified atom stereocenters. The number of hydrogen-bond acceptors (Lipinski definition) is 6. The number of nitrogens with zero attached hydrogens (tertiary/aromatic N) is 3. The van der Waals surface area contributed by atoms with Gasteiger partial charge in [-0.15, -0.1) is 11.3 Å². The lowest BCUT2D eigenvalue weighted by molar-refractivity contribution is 0.432. The van der Waals surface area contributed by atoms with E-state index in [0.29, 0.717) is 18.3 Å². The maximum Gasteiger partial charge on any atom is 0.258 e. The van der Waals surface area contributed by atoms with Crippen molar-refractivity contribution in [2.24, 2.45) is 5.73 Å². The lowest BCUT2D eigenvalue weighted by Gasteiger charge is -1.96.